The van der Waals surface area contributed by atoms with Crippen molar-refractivity contribution in [1.29, 1.82) is 0 Å². The van der Waals surface area contributed by atoms with Gasteiger partial charge in [0.2, 0.25) is 10.0 Å². The molecule has 234 valence electrons. The van der Waals surface area contributed by atoms with Gasteiger partial charge in [-0.15, -0.1) is 0 Å². The summed E-state index contributed by atoms with van der Waals surface area (Å²) >= 11 is 0. The summed E-state index contributed by atoms with van der Waals surface area (Å²) in [6, 6.07) is 14.9. The van der Waals surface area contributed by atoms with Gasteiger partial charge in [-0.2, -0.15) is 4.31 Å². The van der Waals surface area contributed by atoms with E-state index in [1.807, 2.05) is 44.2 Å². The summed E-state index contributed by atoms with van der Waals surface area (Å²) in [5.41, 5.74) is 2.52. The highest BCUT2D eigenvalue weighted by atomic mass is 32.2. The van der Waals surface area contributed by atoms with Crippen LogP contribution in [0, 0.1) is 17.8 Å². The van der Waals surface area contributed by atoms with Crippen molar-refractivity contribution in [1.82, 2.24) is 14.6 Å². The van der Waals surface area contributed by atoms with Crippen LogP contribution in [0.15, 0.2) is 87.8 Å². The first-order valence-corrected chi connectivity index (χ1v) is 16.3. The van der Waals surface area contributed by atoms with E-state index in [9.17, 15) is 18.3 Å². The molecule has 3 unspecified atom stereocenters. The molecule has 1 aromatic heterocycles. The van der Waals surface area contributed by atoms with Gasteiger partial charge in [0, 0.05) is 36.1 Å². The number of rotatable bonds is 12. The standard InChI is InChI=1S/C32H37N3O8S/c1-20(2)15-35(44(38,39)24-10-8-22(9-11-24)29-14-33-19-42-29)16-28(36)27(12-21-6-4-3-5-7-21)34-32(37)43-30-23-13-25-26(30)18-41-31(25)40-17-23/h3-11,14,19-20,23,25,27-28,31,36H,12-13,15-18H2,1-2H3,(H,34,37)/t23?,25?,27-,28+,31?/m0/s1. The number of oxazole rings is 1. The van der Waals surface area contributed by atoms with Gasteiger partial charge >= 0.3 is 6.09 Å². The minimum Gasteiger partial charge on any atom is -0.444 e. The Morgan fingerprint density at radius 1 is 1.11 bits per heavy atom. The van der Waals surface area contributed by atoms with Gasteiger partial charge in [-0.05, 0) is 48.6 Å². The number of aliphatic hydroxyl groups is 1. The van der Waals surface area contributed by atoms with Crippen molar-refractivity contribution < 1.29 is 36.9 Å². The van der Waals surface area contributed by atoms with E-state index in [1.54, 1.807) is 18.3 Å². The number of sulfonamides is 1. The summed E-state index contributed by atoms with van der Waals surface area (Å²) in [4.78, 5) is 17.3. The lowest BCUT2D eigenvalue weighted by Gasteiger charge is -2.31. The topological polar surface area (TPSA) is 140 Å². The Morgan fingerprint density at radius 3 is 2.59 bits per heavy atom. The van der Waals surface area contributed by atoms with Gasteiger partial charge in [0.15, 0.2) is 18.4 Å². The zero-order valence-electron chi connectivity index (χ0n) is 24.7. The second-order valence-electron chi connectivity index (χ2n) is 11.9. The van der Waals surface area contributed by atoms with Crippen LogP contribution in [0.25, 0.3) is 11.3 Å². The van der Waals surface area contributed by atoms with Gasteiger partial charge in [-0.1, -0.05) is 44.2 Å². The first kappa shape index (κ1) is 30.5. The molecule has 2 N–H and O–H groups in total. The fourth-order valence-electron chi connectivity index (χ4n) is 6.15. The molecular formula is C32H37N3O8S. The molecule has 12 heteroatoms. The van der Waals surface area contributed by atoms with E-state index in [0.29, 0.717) is 30.3 Å². The maximum Gasteiger partial charge on any atom is 0.412 e. The average molecular weight is 624 g/mol. The van der Waals surface area contributed by atoms with Gasteiger partial charge < -0.3 is 29.1 Å². The summed E-state index contributed by atoms with van der Waals surface area (Å²) < 4.78 is 51.6. The number of amides is 1. The van der Waals surface area contributed by atoms with Crippen molar-refractivity contribution in [3.05, 3.63) is 84.1 Å². The van der Waals surface area contributed by atoms with E-state index in [2.05, 4.69) is 10.3 Å². The number of carbonyl (C=O) groups excluding carboxylic acids is 1. The SMILES string of the molecule is CC(C)CN(C[C@@H](O)[C@H](Cc1ccccc1)NC(=O)OC1=C2COC3OCC1CC23)S(=O)(=O)c1ccc(-c2cnco2)cc1. The third kappa shape index (κ3) is 6.45. The molecule has 3 aromatic rings. The van der Waals surface area contributed by atoms with Gasteiger partial charge in [0.25, 0.3) is 0 Å². The van der Waals surface area contributed by atoms with Crippen molar-refractivity contribution in [2.24, 2.45) is 17.8 Å². The van der Waals surface area contributed by atoms with E-state index >= 15 is 0 Å². The fraction of sp³-hybridized carbons (Fsp3) is 0.438. The molecule has 2 aromatic carbocycles. The summed E-state index contributed by atoms with van der Waals surface area (Å²) in [5.74, 6) is 1.17. The Bertz CT molecular complexity index is 1580. The smallest absolute Gasteiger partial charge is 0.412 e. The number of ether oxygens (including phenoxy) is 3. The van der Waals surface area contributed by atoms with Crippen molar-refractivity contribution in [2.75, 3.05) is 26.3 Å². The first-order chi connectivity index (χ1) is 21.2. The summed E-state index contributed by atoms with van der Waals surface area (Å²) in [6.45, 7) is 4.55. The molecular weight excluding hydrogens is 586 g/mol. The van der Waals surface area contributed by atoms with E-state index in [4.69, 9.17) is 18.6 Å². The Labute approximate surface area is 256 Å². The number of hydrogen-bond acceptors (Lipinski definition) is 9. The zero-order valence-corrected chi connectivity index (χ0v) is 25.5. The number of aromatic nitrogens is 1. The minimum atomic E-state index is -4.00. The highest BCUT2D eigenvalue weighted by molar-refractivity contribution is 7.89. The molecule has 5 atom stereocenters. The highest BCUT2D eigenvalue weighted by Gasteiger charge is 2.49. The average Bonchev–Trinajstić information content (AvgIpc) is 3.74. The lowest BCUT2D eigenvalue weighted by molar-refractivity contribution is -0.161. The summed E-state index contributed by atoms with van der Waals surface area (Å²) in [7, 11) is -4.00. The number of nitrogens with zero attached hydrogens (tertiary/aromatic N) is 2. The molecule has 3 heterocycles. The van der Waals surface area contributed by atoms with Crippen LogP contribution in [0.5, 0.6) is 0 Å². The maximum atomic E-state index is 13.9. The predicted molar refractivity (Wildman–Crippen MR) is 159 cm³/mol. The third-order valence-corrected chi connectivity index (χ3v) is 10.1. The predicted octanol–water partition coefficient (Wildman–Crippen LogP) is 3.96. The Hall–Kier alpha value is -3.55. The molecule has 1 amide bonds. The van der Waals surface area contributed by atoms with E-state index < -0.39 is 28.3 Å². The van der Waals surface area contributed by atoms with Crippen molar-refractivity contribution >= 4 is 16.1 Å². The van der Waals surface area contributed by atoms with Crippen LogP contribution in [-0.2, 0) is 30.7 Å². The maximum absolute atomic E-state index is 13.9. The van der Waals surface area contributed by atoms with Crippen molar-refractivity contribution in [3.8, 4) is 11.3 Å². The van der Waals surface area contributed by atoms with Crippen LogP contribution in [0.2, 0.25) is 0 Å². The molecule has 44 heavy (non-hydrogen) atoms. The molecule has 0 radical (unpaired) electrons. The summed E-state index contributed by atoms with van der Waals surface area (Å²) in [6.07, 6.45) is 1.72. The molecule has 1 aliphatic carbocycles. The number of fused-ring (bicyclic) bond motifs is 1. The van der Waals surface area contributed by atoms with Crippen LogP contribution in [0.4, 0.5) is 4.79 Å². The quantitative estimate of drug-likeness (QED) is 0.307. The zero-order chi connectivity index (χ0) is 30.8. The van der Waals surface area contributed by atoms with Crippen molar-refractivity contribution in [3.63, 3.8) is 0 Å². The summed E-state index contributed by atoms with van der Waals surface area (Å²) in [5, 5.41) is 14.4. The van der Waals surface area contributed by atoms with Gasteiger partial charge in [-0.3, -0.25) is 0 Å². The largest absolute Gasteiger partial charge is 0.444 e. The number of alkyl carbamates (subject to hydrolysis) is 1. The number of hydrogen-bond donors (Lipinski definition) is 2. The molecule has 2 aliphatic heterocycles. The second kappa shape index (κ2) is 12.8. The van der Waals surface area contributed by atoms with Crippen LogP contribution in [0.3, 0.4) is 0 Å². The van der Waals surface area contributed by atoms with Crippen molar-refractivity contribution in [2.45, 2.75) is 50.0 Å². The number of carbonyl (C=O) groups is 1. The lowest BCUT2D eigenvalue weighted by Crippen LogP contribution is -2.51. The second-order valence-corrected chi connectivity index (χ2v) is 13.9. The number of nitrogens with one attached hydrogen (secondary N) is 1. The van der Waals surface area contributed by atoms with E-state index in [1.165, 1.54) is 22.8 Å². The van der Waals surface area contributed by atoms with Crippen LogP contribution >= 0.6 is 0 Å². The third-order valence-electron chi connectivity index (χ3n) is 8.30. The fourth-order valence-corrected chi connectivity index (χ4v) is 7.78. The number of aliphatic hydroxyl groups excluding tert-OH is 1. The molecule has 6 rings (SSSR count). The minimum absolute atomic E-state index is 0.0134. The van der Waals surface area contributed by atoms with E-state index in [0.717, 1.165) is 17.6 Å². The van der Waals surface area contributed by atoms with Gasteiger partial charge in [0.05, 0.1) is 36.5 Å². The van der Waals surface area contributed by atoms with Crippen LogP contribution in [-0.4, -0.2) is 73.6 Å². The van der Waals surface area contributed by atoms with E-state index in [-0.39, 0.29) is 48.4 Å². The van der Waals surface area contributed by atoms with Gasteiger partial charge in [-0.25, -0.2) is 18.2 Å². The Kier molecular flexibility index (Phi) is 8.88. The first-order valence-electron chi connectivity index (χ1n) is 14.8. The lowest BCUT2D eigenvalue weighted by atomic mass is 9.99. The molecule has 0 saturated carbocycles. The molecule has 2 fully saturated rings. The Morgan fingerprint density at radius 2 is 1.89 bits per heavy atom. The van der Waals surface area contributed by atoms with Crippen LogP contribution in [0.1, 0.15) is 25.8 Å². The normalized spacial score (nSPS) is 22.4. The van der Waals surface area contributed by atoms with Gasteiger partial charge in [0.1, 0.15) is 5.76 Å². The highest BCUT2D eigenvalue weighted by Crippen LogP contribution is 2.48. The molecule has 2 saturated heterocycles. The molecule has 11 nitrogen and oxygen atoms in total. The monoisotopic (exact) mass is 623 g/mol. The Balaban J connectivity index is 1.20. The molecule has 2 bridgehead atoms. The molecule has 0 spiro atoms. The molecule has 3 aliphatic rings. The van der Waals surface area contributed by atoms with Crippen LogP contribution < -0.4 is 5.32 Å². The number of benzene rings is 2.